The van der Waals surface area contributed by atoms with Gasteiger partial charge < -0.3 is 9.88 Å². The summed E-state index contributed by atoms with van der Waals surface area (Å²) in [6.45, 7) is 4.41. The van der Waals surface area contributed by atoms with E-state index in [2.05, 4.69) is 14.9 Å². The molecule has 0 aliphatic heterocycles. The molecule has 1 aromatic rings. The first-order valence-electron chi connectivity index (χ1n) is 6.51. The van der Waals surface area contributed by atoms with Crippen LogP contribution < -0.4 is 5.32 Å². The molecule has 0 aliphatic carbocycles. The van der Waals surface area contributed by atoms with Gasteiger partial charge in [0, 0.05) is 24.7 Å². The van der Waals surface area contributed by atoms with Gasteiger partial charge in [-0.1, -0.05) is 6.92 Å². The maximum atomic E-state index is 11.2. The lowest BCUT2D eigenvalue weighted by Crippen LogP contribution is -2.20. The lowest BCUT2D eigenvalue weighted by molar-refractivity contribution is 0.562. The summed E-state index contributed by atoms with van der Waals surface area (Å²) in [5.41, 5.74) is 0. The fraction of sp³-hybridized carbons (Fsp3) is 0.750. The summed E-state index contributed by atoms with van der Waals surface area (Å²) in [5, 5.41) is 3.27. The number of rotatable bonds is 10. The summed E-state index contributed by atoms with van der Waals surface area (Å²) in [4.78, 5) is 3.98. The van der Waals surface area contributed by atoms with Gasteiger partial charge in [-0.15, -0.1) is 0 Å². The van der Waals surface area contributed by atoms with Gasteiger partial charge >= 0.3 is 0 Å². The molecule has 1 heterocycles. The van der Waals surface area contributed by atoms with E-state index in [-0.39, 0.29) is 5.75 Å². The van der Waals surface area contributed by atoms with Crippen molar-refractivity contribution in [3.8, 4) is 0 Å². The quantitative estimate of drug-likeness (QED) is 0.648. The molecule has 0 aliphatic rings. The second kappa shape index (κ2) is 8.26. The van der Waals surface area contributed by atoms with Crippen LogP contribution in [0.4, 0.5) is 0 Å². The van der Waals surface area contributed by atoms with Crippen molar-refractivity contribution < 1.29 is 8.42 Å². The van der Waals surface area contributed by atoms with Crippen LogP contribution in [0.5, 0.6) is 0 Å². The van der Waals surface area contributed by atoms with Crippen molar-refractivity contribution in [2.75, 3.05) is 24.6 Å². The molecule has 1 N–H and O–H groups in total. The lowest BCUT2D eigenvalue weighted by atomic mass is 10.3. The third kappa shape index (κ3) is 6.76. The first-order valence-corrected chi connectivity index (χ1v) is 8.33. The predicted octanol–water partition coefficient (Wildman–Crippen LogP) is 1.08. The van der Waals surface area contributed by atoms with E-state index in [1.54, 1.807) is 13.1 Å². The van der Waals surface area contributed by atoms with Crippen LogP contribution in [0.2, 0.25) is 0 Å². The molecule has 0 bridgehead atoms. The summed E-state index contributed by atoms with van der Waals surface area (Å²) < 4.78 is 24.5. The molecule has 0 radical (unpaired) electrons. The lowest BCUT2D eigenvalue weighted by Gasteiger charge is -2.05. The molecule has 0 saturated carbocycles. The highest BCUT2D eigenvalue weighted by Crippen LogP contribution is 1.95. The first kappa shape index (κ1) is 15.2. The van der Waals surface area contributed by atoms with Crippen LogP contribution in [0.1, 0.15) is 26.2 Å². The Kier molecular flexibility index (Phi) is 6.97. The van der Waals surface area contributed by atoms with Crippen LogP contribution in [-0.4, -0.2) is 42.6 Å². The number of unbranched alkanes of at least 4 members (excludes halogenated alkanes) is 1. The van der Waals surface area contributed by atoms with E-state index in [9.17, 15) is 8.42 Å². The van der Waals surface area contributed by atoms with Gasteiger partial charge in [0.1, 0.15) is 9.84 Å². The second-order valence-electron chi connectivity index (χ2n) is 4.35. The van der Waals surface area contributed by atoms with Crippen molar-refractivity contribution >= 4 is 9.84 Å². The van der Waals surface area contributed by atoms with E-state index >= 15 is 0 Å². The Bertz CT molecular complexity index is 401. The molecule has 1 aromatic heterocycles. The number of nitrogens with zero attached hydrogens (tertiary/aromatic N) is 2. The number of nitrogens with one attached hydrogen (secondary N) is 1. The van der Waals surface area contributed by atoms with Crippen LogP contribution in [0.3, 0.4) is 0 Å². The van der Waals surface area contributed by atoms with E-state index in [4.69, 9.17) is 0 Å². The molecule has 0 fully saturated rings. The number of aromatic nitrogens is 2. The van der Waals surface area contributed by atoms with Crippen LogP contribution in [-0.2, 0) is 16.4 Å². The molecule has 18 heavy (non-hydrogen) atoms. The number of aryl methyl sites for hydroxylation is 1. The summed E-state index contributed by atoms with van der Waals surface area (Å²) >= 11 is 0. The minimum atomic E-state index is -2.80. The molecule has 0 atom stereocenters. The molecular weight excluding hydrogens is 250 g/mol. The molecule has 6 heteroatoms. The van der Waals surface area contributed by atoms with Crippen LogP contribution in [0, 0.1) is 0 Å². The summed E-state index contributed by atoms with van der Waals surface area (Å²) in [6, 6.07) is 0. The van der Waals surface area contributed by atoms with Gasteiger partial charge in [-0.25, -0.2) is 13.4 Å². The van der Waals surface area contributed by atoms with Gasteiger partial charge in [-0.3, -0.25) is 0 Å². The van der Waals surface area contributed by atoms with Gasteiger partial charge in [0.15, 0.2) is 0 Å². The van der Waals surface area contributed by atoms with Gasteiger partial charge in [-0.2, -0.15) is 0 Å². The zero-order valence-electron chi connectivity index (χ0n) is 11.0. The zero-order valence-corrected chi connectivity index (χ0v) is 11.8. The van der Waals surface area contributed by atoms with Crippen molar-refractivity contribution in [1.29, 1.82) is 0 Å². The van der Waals surface area contributed by atoms with E-state index in [0.717, 1.165) is 32.5 Å². The van der Waals surface area contributed by atoms with E-state index in [1.807, 2.05) is 12.5 Å². The van der Waals surface area contributed by atoms with Gasteiger partial charge in [0.2, 0.25) is 0 Å². The van der Waals surface area contributed by atoms with Crippen molar-refractivity contribution in [2.45, 2.75) is 32.7 Å². The smallest absolute Gasteiger partial charge is 0.150 e. The molecule has 1 rings (SSSR count). The van der Waals surface area contributed by atoms with Crippen molar-refractivity contribution in [3.63, 3.8) is 0 Å². The largest absolute Gasteiger partial charge is 0.337 e. The number of hydrogen-bond donors (Lipinski definition) is 1. The van der Waals surface area contributed by atoms with E-state index in [0.29, 0.717) is 12.2 Å². The molecule has 0 saturated heterocycles. The molecular formula is C12H23N3O2S. The SMILES string of the molecule is CCS(=O)(=O)CCCNCCCCn1ccnc1. The monoisotopic (exact) mass is 273 g/mol. The van der Waals surface area contributed by atoms with Gasteiger partial charge in [-0.05, 0) is 32.4 Å². The number of hydrogen-bond acceptors (Lipinski definition) is 4. The highest BCUT2D eigenvalue weighted by Gasteiger charge is 2.05. The predicted molar refractivity (Wildman–Crippen MR) is 73.3 cm³/mol. The Morgan fingerprint density at radius 2 is 2.00 bits per heavy atom. The Morgan fingerprint density at radius 1 is 1.22 bits per heavy atom. The van der Waals surface area contributed by atoms with Crippen LogP contribution in [0.25, 0.3) is 0 Å². The third-order valence-corrected chi connectivity index (χ3v) is 4.62. The highest BCUT2D eigenvalue weighted by atomic mass is 32.2. The molecule has 5 nitrogen and oxygen atoms in total. The second-order valence-corrected chi connectivity index (χ2v) is 6.82. The third-order valence-electron chi connectivity index (χ3n) is 2.83. The summed E-state index contributed by atoms with van der Waals surface area (Å²) in [5.74, 6) is 0.545. The Hall–Kier alpha value is -0.880. The van der Waals surface area contributed by atoms with E-state index in [1.165, 1.54) is 0 Å². The topological polar surface area (TPSA) is 64.0 Å². The van der Waals surface area contributed by atoms with Crippen LogP contribution >= 0.6 is 0 Å². The van der Waals surface area contributed by atoms with Gasteiger partial charge in [0.05, 0.1) is 12.1 Å². The summed E-state index contributed by atoms with van der Waals surface area (Å²) in [6.07, 6.45) is 8.48. The number of imidazole rings is 1. The maximum absolute atomic E-state index is 11.2. The average molecular weight is 273 g/mol. The normalized spacial score (nSPS) is 11.8. The summed E-state index contributed by atoms with van der Waals surface area (Å²) in [7, 11) is -2.80. The molecule has 104 valence electrons. The fourth-order valence-corrected chi connectivity index (χ4v) is 2.52. The van der Waals surface area contributed by atoms with Crippen LogP contribution in [0.15, 0.2) is 18.7 Å². The molecule has 0 amide bonds. The average Bonchev–Trinajstić information content (AvgIpc) is 2.85. The van der Waals surface area contributed by atoms with Crippen molar-refractivity contribution in [1.82, 2.24) is 14.9 Å². The maximum Gasteiger partial charge on any atom is 0.150 e. The Balaban J connectivity index is 1.90. The molecule has 0 unspecified atom stereocenters. The zero-order chi connectivity index (χ0) is 13.3. The van der Waals surface area contributed by atoms with Crippen molar-refractivity contribution in [2.24, 2.45) is 0 Å². The van der Waals surface area contributed by atoms with Crippen molar-refractivity contribution in [3.05, 3.63) is 18.7 Å². The Morgan fingerprint density at radius 3 is 2.67 bits per heavy atom. The molecule has 0 spiro atoms. The number of sulfone groups is 1. The standard InChI is InChI=1S/C12H23N3O2S/c1-2-18(16,17)11-5-7-13-6-3-4-9-15-10-8-14-12-15/h8,10,12-13H,2-7,9,11H2,1H3. The minimum absolute atomic E-state index is 0.248. The van der Waals surface area contributed by atoms with Gasteiger partial charge in [0.25, 0.3) is 0 Å². The first-order chi connectivity index (χ1) is 8.64. The van der Waals surface area contributed by atoms with E-state index < -0.39 is 9.84 Å². The fourth-order valence-electron chi connectivity index (χ4n) is 1.65. The highest BCUT2D eigenvalue weighted by molar-refractivity contribution is 7.91. The Labute approximate surface area is 110 Å². The molecule has 0 aromatic carbocycles. The minimum Gasteiger partial charge on any atom is -0.337 e.